The van der Waals surface area contributed by atoms with E-state index >= 15 is 0 Å². The van der Waals surface area contributed by atoms with E-state index in [-0.39, 0.29) is 11.8 Å². The number of hydrogen-bond acceptors (Lipinski definition) is 4. The van der Waals surface area contributed by atoms with Crippen LogP contribution in [0.2, 0.25) is 0 Å². The van der Waals surface area contributed by atoms with Gasteiger partial charge in [-0.1, -0.05) is 32.0 Å². The van der Waals surface area contributed by atoms with Gasteiger partial charge in [-0.3, -0.25) is 14.9 Å². The Balaban J connectivity index is 1.71. The third-order valence-electron chi connectivity index (χ3n) is 3.86. The van der Waals surface area contributed by atoms with Crippen molar-refractivity contribution >= 4 is 11.6 Å². The number of nitrogens with one attached hydrogen (secondary N) is 2. The van der Waals surface area contributed by atoms with Gasteiger partial charge in [-0.05, 0) is 30.2 Å². The Hall–Kier alpha value is -3.02. The van der Waals surface area contributed by atoms with E-state index in [1.807, 2.05) is 36.4 Å². The summed E-state index contributed by atoms with van der Waals surface area (Å²) in [6.45, 7) is 4.10. The number of anilines is 1. The molecule has 6 nitrogen and oxygen atoms in total. The first-order valence-electron chi connectivity index (χ1n) is 8.34. The number of para-hydroxylation sites is 1. The molecule has 0 atom stereocenters. The summed E-state index contributed by atoms with van der Waals surface area (Å²) >= 11 is 0. The van der Waals surface area contributed by atoms with E-state index in [1.165, 1.54) is 0 Å². The lowest BCUT2D eigenvalue weighted by Crippen LogP contribution is -2.13. The third-order valence-corrected chi connectivity index (χ3v) is 3.86. The molecule has 0 unspecified atom stereocenters. The molecular formula is C19H21N5O. The summed E-state index contributed by atoms with van der Waals surface area (Å²) in [5.74, 6) is 1.64. The molecule has 2 aromatic heterocycles. The van der Waals surface area contributed by atoms with Crippen molar-refractivity contribution in [3.05, 3.63) is 60.2 Å². The Morgan fingerprint density at radius 2 is 2.04 bits per heavy atom. The molecule has 0 fully saturated rings. The minimum absolute atomic E-state index is 0.0454. The number of nitrogens with zero attached hydrogens (tertiary/aromatic N) is 3. The maximum absolute atomic E-state index is 12.3. The van der Waals surface area contributed by atoms with Crippen molar-refractivity contribution in [1.29, 1.82) is 0 Å². The van der Waals surface area contributed by atoms with Gasteiger partial charge in [0.05, 0.1) is 5.69 Å². The number of carbonyl (C=O) groups excluding carboxylic acids is 1. The van der Waals surface area contributed by atoms with Crippen molar-refractivity contribution < 1.29 is 4.79 Å². The van der Waals surface area contributed by atoms with Crippen LogP contribution in [0.1, 0.15) is 37.6 Å². The zero-order chi connectivity index (χ0) is 17.6. The fraction of sp³-hybridized carbons (Fsp3) is 0.263. The molecule has 0 aliphatic heterocycles. The number of aromatic nitrogens is 4. The van der Waals surface area contributed by atoms with Gasteiger partial charge in [-0.2, -0.15) is 5.10 Å². The number of benzene rings is 1. The molecule has 0 aliphatic carbocycles. The number of amides is 1. The second-order valence-corrected chi connectivity index (χ2v) is 6.15. The molecule has 0 spiro atoms. The number of hydrogen-bond donors (Lipinski definition) is 2. The van der Waals surface area contributed by atoms with Gasteiger partial charge in [0, 0.05) is 30.3 Å². The Kier molecular flexibility index (Phi) is 5.18. The predicted octanol–water partition coefficient (Wildman–Crippen LogP) is 3.56. The predicted molar refractivity (Wildman–Crippen MR) is 97.1 cm³/mol. The lowest BCUT2D eigenvalue weighted by molar-refractivity contribution is -0.116. The minimum atomic E-state index is -0.0454. The highest BCUT2D eigenvalue weighted by atomic mass is 16.1. The quantitative estimate of drug-likeness (QED) is 0.721. The fourth-order valence-electron chi connectivity index (χ4n) is 2.46. The van der Waals surface area contributed by atoms with E-state index in [2.05, 4.69) is 39.3 Å². The summed E-state index contributed by atoms with van der Waals surface area (Å²) < 4.78 is 0. The summed E-state index contributed by atoms with van der Waals surface area (Å²) in [5.41, 5.74) is 2.56. The number of H-pyrrole nitrogens is 1. The molecule has 2 N–H and O–H groups in total. The molecule has 1 aromatic carbocycles. The number of rotatable bonds is 6. The second-order valence-electron chi connectivity index (χ2n) is 6.15. The van der Waals surface area contributed by atoms with Gasteiger partial charge in [0.2, 0.25) is 5.91 Å². The fourth-order valence-corrected chi connectivity index (χ4v) is 2.46. The highest BCUT2D eigenvalue weighted by molar-refractivity contribution is 5.94. The van der Waals surface area contributed by atoms with E-state index < -0.39 is 0 Å². The summed E-state index contributed by atoms with van der Waals surface area (Å²) in [6.07, 6.45) is 4.55. The van der Waals surface area contributed by atoms with Crippen molar-refractivity contribution in [3.63, 3.8) is 0 Å². The Bertz CT molecular complexity index is 842. The average Bonchev–Trinajstić information content (AvgIpc) is 3.12. The number of pyridine rings is 1. The lowest BCUT2D eigenvalue weighted by atomic mass is 10.1. The monoisotopic (exact) mass is 335 g/mol. The van der Waals surface area contributed by atoms with E-state index in [1.54, 1.807) is 12.4 Å². The first-order valence-corrected chi connectivity index (χ1v) is 8.34. The third kappa shape index (κ3) is 4.29. The van der Waals surface area contributed by atoms with Crippen molar-refractivity contribution in [2.45, 2.75) is 32.6 Å². The van der Waals surface area contributed by atoms with Crippen molar-refractivity contribution in [1.82, 2.24) is 20.2 Å². The Labute approximate surface area is 146 Å². The van der Waals surface area contributed by atoms with Gasteiger partial charge in [0.1, 0.15) is 5.82 Å². The van der Waals surface area contributed by atoms with Crippen LogP contribution in [0, 0.1) is 0 Å². The van der Waals surface area contributed by atoms with Crippen LogP contribution in [-0.2, 0) is 11.2 Å². The van der Waals surface area contributed by atoms with E-state index in [4.69, 9.17) is 0 Å². The minimum Gasteiger partial charge on any atom is -0.325 e. The topological polar surface area (TPSA) is 83.6 Å². The van der Waals surface area contributed by atoms with Crippen LogP contribution >= 0.6 is 0 Å². The Morgan fingerprint density at radius 1 is 1.20 bits per heavy atom. The lowest BCUT2D eigenvalue weighted by Gasteiger charge is -2.09. The maximum atomic E-state index is 12.3. The molecule has 3 aromatic rings. The summed E-state index contributed by atoms with van der Waals surface area (Å²) in [7, 11) is 0. The molecule has 0 bridgehead atoms. The van der Waals surface area contributed by atoms with E-state index in [0.717, 1.165) is 17.0 Å². The summed E-state index contributed by atoms with van der Waals surface area (Å²) in [4.78, 5) is 20.9. The van der Waals surface area contributed by atoms with Crippen LogP contribution < -0.4 is 5.32 Å². The van der Waals surface area contributed by atoms with Gasteiger partial charge >= 0.3 is 0 Å². The zero-order valence-corrected chi connectivity index (χ0v) is 14.4. The first-order chi connectivity index (χ1) is 12.1. The molecule has 25 heavy (non-hydrogen) atoms. The molecule has 0 saturated heterocycles. The zero-order valence-electron chi connectivity index (χ0n) is 14.4. The van der Waals surface area contributed by atoms with E-state index in [0.29, 0.717) is 24.4 Å². The van der Waals surface area contributed by atoms with Crippen molar-refractivity contribution in [2.75, 3.05) is 5.32 Å². The molecule has 128 valence electrons. The normalized spacial score (nSPS) is 10.8. The first kappa shape index (κ1) is 16.8. The van der Waals surface area contributed by atoms with Gasteiger partial charge in [-0.25, -0.2) is 4.98 Å². The summed E-state index contributed by atoms with van der Waals surface area (Å²) in [5, 5.41) is 10.2. The number of aromatic amines is 1. The standard InChI is InChI=1S/C19H21N5O/c1-13(2)18-22-19(24-23-18)15-7-3-4-8-16(15)21-17(25)10-9-14-6-5-11-20-12-14/h3-8,11-13H,9-10H2,1-2H3,(H,21,25)(H,22,23,24). The average molecular weight is 335 g/mol. The number of aryl methyl sites for hydroxylation is 1. The largest absolute Gasteiger partial charge is 0.325 e. The van der Waals surface area contributed by atoms with Gasteiger partial charge in [0.25, 0.3) is 0 Å². The van der Waals surface area contributed by atoms with Gasteiger partial charge in [0.15, 0.2) is 5.82 Å². The van der Waals surface area contributed by atoms with Gasteiger partial charge in [-0.15, -0.1) is 0 Å². The van der Waals surface area contributed by atoms with Crippen LogP contribution in [0.5, 0.6) is 0 Å². The molecule has 0 radical (unpaired) electrons. The van der Waals surface area contributed by atoms with E-state index in [9.17, 15) is 4.79 Å². The van der Waals surface area contributed by atoms with Crippen LogP contribution in [0.15, 0.2) is 48.8 Å². The van der Waals surface area contributed by atoms with Crippen LogP contribution in [-0.4, -0.2) is 26.1 Å². The van der Waals surface area contributed by atoms with Crippen LogP contribution in [0.3, 0.4) is 0 Å². The van der Waals surface area contributed by atoms with Gasteiger partial charge < -0.3 is 5.32 Å². The van der Waals surface area contributed by atoms with Crippen molar-refractivity contribution in [2.24, 2.45) is 0 Å². The second kappa shape index (κ2) is 7.70. The molecule has 2 heterocycles. The van der Waals surface area contributed by atoms with Crippen molar-refractivity contribution in [3.8, 4) is 11.4 Å². The highest BCUT2D eigenvalue weighted by Gasteiger charge is 2.13. The Morgan fingerprint density at radius 3 is 2.76 bits per heavy atom. The van der Waals surface area contributed by atoms with Crippen LogP contribution in [0.4, 0.5) is 5.69 Å². The SMILES string of the molecule is CC(C)c1nc(-c2ccccc2NC(=O)CCc2cccnc2)n[nH]1. The molecule has 3 rings (SSSR count). The highest BCUT2D eigenvalue weighted by Crippen LogP contribution is 2.26. The molecule has 0 saturated carbocycles. The number of carbonyl (C=O) groups is 1. The molecule has 0 aliphatic rings. The molecular weight excluding hydrogens is 314 g/mol. The molecule has 6 heteroatoms. The smallest absolute Gasteiger partial charge is 0.224 e. The molecule has 1 amide bonds. The van der Waals surface area contributed by atoms with Crippen LogP contribution in [0.25, 0.3) is 11.4 Å². The maximum Gasteiger partial charge on any atom is 0.224 e. The summed E-state index contributed by atoms with van der Waals surface area (Å²) in [6, 6.07) is 11.4.